The maximum atomic E-state index is 5.89. The van der Waals surface area contributed by atoms with E-state index in [9.17, 15) is 0 Å². The summed E-state index contributed by atoms with van der Waals surface area (Å²) in [4.78, 5) is 4.53. The molecular formula is C12H8ClNSe. The van der Waals surface area contributed by atoms with Crippen molar-refractivity contribution < 1.29 is 0 Å². The van der Waals surface area contributed by atoms with Crippen LogP contribution in [0.3, 0.4) is 0 Å². The molecule has 0 amide bonds. The van der Waals surface area contributed by atoms with E-state index in [1.807, 2.05) is 30.3 Å². The number of hydrogen-bond donors (Lipinski definition) is 0. The average Bonchev–Trinajstić information content (AvgIpc) is 2.26. The molecule has 0 spiro atoms. The number of fused-ring (bicyclic) bond motifs is 1. The van der Waals surface area contributed by atoms with E-state index >= 15 is 0 Å². The number of nitrogens with zero attached hydrogens (tertiary/aromatic N) is 1. The number of rotatable bonds is 2. The van der Waals surface area contributed by atoms with Gasteiger partial charge < -0.3 is 0 Å². The number of pyridine rings is 1. The standard InChI is InChI=1S/C12H8ClNSe/c1-2-7-15-12-6-3-9-8-10(13)4-5-11(9)14-12/h1,3-6,8H,7H2. The van der Waals surface area contributed by atoms with Crippen LogP contribution in [0.2, 0.25) is 10.3 Å². The SMILES string of the molecule is C#CC[Se]c1ccc2cc(Cl)ccc2n1. The second kappa shape index (κ2) is 4.68. The van der Waals surface area contributed by atoms with Crippen molar-refractivity contribution in [1.29, 1.82) is 0 Å². The van der Waals surface area contributed by atoms with Crippen molar-refractivity contribution in [3.05, 3.63) is 35.4 Å². The monoisotopic (exact) mass is 281 g/mol. The van der Waals surface area contributed by atoms with Crippen LogP contribution in [-0.4, -0.2) is 19.9 Å². The van der Waals surface area contributed by atoms with E-state index in [0.717, 1.165) is 25.8 Å². The molecule has 0 unspecified atom stereocenters. The molecule has 1 nitrogen and oxygen atoms in total. The van der Waals surface area contributed by atoms with Gasteiger partial charge in [-0.25, -0.2) is 0 Å². The molecular weight excluding hydrogens is 273 g/mol. The maximum absolute atomic E-state index is 5.89. The van der Waals surface area contributed by atoms with Gasteiger partial charge in [-0.1, -0.05) is 0 Å². The van der Waals surface area contributed by atoms with E-state index in [-0.39, 0.29) is 15.0 Å². The molecule has 15 heavy (non-hydrogen) atoms. The topological polar surface area (TPSA) is 12.9 Å². The molecule has 1 aromatic heterocycles. The summed E-state index contributed by atoms with van der Waals surface area (Å²) in [6.07, 6.45) is 5.23. The first-order valence-electron chi connectivity index (χ1n) is 4.42. The van der Waals surface area contributed by atoms with Crippen LogP contribution in [0.15, 0.2) is 30.3 Å². The molecule has 0 saturated heterocycles. The fraction of sp³-hybridized carbons (Fsp3) is 0.0833. The number of benzene rings is 1. The number of aromatic nitrogens is 1. The zero-order chi connectivity index (χ0) is 10.7. The van der Waals surface area contributed by atoms with Crippen LogP contribution in [0.4, 0.5) is 0 Å². The van der Waals surface area contributed by atoms with Gasteiger partial charge in [0.1, 0.15) is 0 Å². The molecule has 0 fully saturated rings. The molecule has 3 heteroatoms. The molecule has 2 aromatic rings. The second-order valence-corrected chi connectivity index (χ2v) is 5.50. The molecule has 0 radical (unpaired) electrons. The Bertz CT molecular complexity index is 531. The Kier molecular flexibility index (Phi) is 3.28. The molecule has 2 rings (SSSR count). The van der Waals surface area contributed by atoms with E-state index in [4.69, 9.17) is 18.0 Å². The average molecular weight is 281 g/mol. The quantitative estimate of drug-likeness (QED) is 0.607. The van der Waals surface area contributed by atoms with Crippen LogP contribution < -0.4 is 4.59 Å². The van der Waals surface area contributed by atoms with Gasteiger partial charge in [0, 0.05) is 0 Å². The first-order valence-corrected chi connectivity index (χ1v) is 6.87. The van der Waals surface area contributed by atoms with E-state index in [1.54, 1.807) is 0 Å². The van der Waals surface area contributed by atoms with Crippen molar-refractivity contribution in [1.82, 2.24) is 4.98 Å². The van der Waals surface area contributed by atoms with Crippen molar-refractivity contribution >= 4 is 42.1 Å². The van der Waals surface area contributed by atoms with Gasteiger partial charge in [0.05, 0.1) is 0 Å². The summed E-state index contributed by atoms with van der Waals surface area (Å²) in [6.45, 7) is 0. The Morgan fingerprint density at radius 1 is 1.33 bits per heavy atom. The van der Waals surface area contributed by atoms with Crippen LogP contribution in [0.1, 0.15) is 0 Å². The molecule has 0 N–H and O–H groups in total. The van der Waals surface area contributed by atoms with Gasteiger partial charge in [0.15, 0.2) is 0 Å². The fourth-order valence-electron chi connectivity index (χ4n) is 1.27. The summed E-state index contributed by atoms with van der Waals surface area (Å²) < 4.78 is 1.09. The molecule has 1 aromatic carbocycles. The molecule has 0 aliphatic heterocycles. The Morgan fingerprint density at radius 2 is 2.20 bits per heavy atom. The minimum atomic E-state index is 0.280. The van der Waals surface area contributed by atoms with Gasteiger partial charge in [0.25, 0.3) is 0 Å². The zero-order valence-electron chi connectivity index (χ0n) is 7.90. The molecule has 1 heterocycles. The predicted molar refractivity (Wildman–Crippen MR) is 65.8 cm³/mol. The third kappa shape index (κ3) is 2.52. The number of halogens is 1. The molecule has 0 saturated carbocycles. The summed E-state index contributed by atoms with van der Waals surface area (Å²) >= 11 is 6.17. The molecule has 0 aliphatic rings. The summed E-state index contributed by atoms with van der Waals surface area (Å²) in [5.74, 6) is 2.64. The number of terminal acetylenes is 1. The van der Waals surface area contributed by atoms with Crippen molar-refractivity contribution in [2.45, 2.75) is 5.32 Å². The van der Waals surface area contributed by atoms with Crippen LogP contribution in [0, 0.1) is 12.3 Å². The van der Waals surface area contributed by atoms with Crippen LogP contribution in [0.5, 0.6) is 0 Å². The number of hydrogen-bond acceptors (Lipinski definition) is 1. The normalized spacial score (nSPS) is 10.1. The van der Waals surface area contributed by atoms with E-state index in [1.165, 1.54) is 0 Å². The van der Waals surface area contributed by atoms with E-state index in [2.05, 4.69) is 10.9 Å². The summed E-state index contributed by atoms with van der Waals surface area (Å²) in [5.41, 5.74) is 0.982. The van der Waals surface area contributed by atoms with Crippen molar-refractivity contribution in [2.24, 2.45) is 0 Å². The summed E-state index contributed by atoms with van der Waals surface area (Å²) in [5, 5.41) is 2.60. The van der Waals surface area contributed by atoms with Gasteiger partial charge in [-0.2, -0.15) is 0 Å². The Hall–Kier alpha value is -1.00. The van der Waals surface area contributed by atoms with Gasteiger partial charge in [-0.05, 0) is 0 Å². The summed E-state index contributed by atoms with van der Waals surface area (Å²) in [7, 11) is 0. The molecule has 0 atom stereocenters. The molecule has 74 valence electrons. The van der Waals surface area contributed by atoms with Crippen LogP contribution >= 0.6 is 11.6 Å². The first-order chi connectivity index (χ1) is 7.29. The summed E-state index contributed by atoms with van der Waals surface area (Å²) in [6, 6.07) is 9.78. The second-order valence-electron chi connectivity index (χ2n) is 2.98. The van der Waals surface area contributed by atoms with Gasteiger partial charge >= 0.3 is 100 Å². The van der Waals surface area contributed by atoms with Gasteiger partial charge in [0.2, 0.25) is 0 Å². The van der Waals surface area contributed by atoms with Gasteiger partial charge in [-0.3, -0.25) is 0 Å². The van der Waals surface area contributed by atoms with Crippen molar-refractivity contribution in [3.8, 4) is 12.3 Å². The van der Waals surface area contributed by atoms with Crippen molar-refractivity contribution in [2.75, 3.05) is 0 Å². The zero-order valence-corrected chi connectivity index (χ0v) is 10.4. The molecule has 0 bridgehead atoms. The third-order valence-electron chi connectivity index (χ3n) is 1.93. The van der Waals surface area contributed by atoms with E-state index in [0.29, 0.717) is 0 Å². The Labute approximate surface area is 100 Å². The first kappa shape index (κ1) is 10.5. The van der Waals surface area contributed by atoms with Gasteiger partial charge in [-0.15, -0.1) is 0 Å². The third-order valence-corrected chi connectivity index (χ3v) is 3.91. The Morgan fingerprint density at radius 3 is 3.00 bits per heavy atom. The van der Waals surface area contributed by atoms with Crippen LogP contribution in [0.25, 0.3) is 10.9 Å². The van der Waals surface area contributed by atoms with Crippen molar-refractivity contribution in [3.63, 3.8) is 0 Å². The minimum absolute atomic E-state index is 0.280. The predicted octanol–water partition coefficient (Wildman–Crippen LogP) is 2.27. The van der Waals surface area contributed by atoms with E-state index < -0.39 is 0 Å². The molecule has 0 aliphatic carbocycles. The van der Waals surface area contributed by atoms with Crippen LogP contribution in [-0.2, 0) is 0 Å². The Balaban J connectivity index is 2.40. The fourth-order valence-corrected chi connectivity index (χ4v) is 2.63.